The Bertz CT molecular complexity index is 704. The number of nitrogens with zero attached hydrogens (tertiary/aromatic N) is 2. The zero-order valence-electron chi connectivity index (χ0n) is 11.3. The van der Waals surface area contributed by atoms with Gasteiger partial charge in [-0.15, -0.1) is 0 Å². The maximum Gasteiger partial charge on any atom is 0.245 e. The fourth-order valence-corrected chi connectivity index (χ4v) is 3.43. The Balaban J connectivity index is 2.47. The Labute approximate surface area is 112 Å². The molecule has 0 aliphatic heterocycles. The summed E-state index contributed by atoms with van der Waals surface area (Å²) in [6.45, 7) is 6.92. The molecule has 5 nitrogen and oxygen atoms in total. The second-order valence-electron chi connectivity index (χ2n) is 4.64. The third-order valence-corrected chi connectivity index (χ3v) is 5.20. The van der Waals surface area contributed by atoms with Crippen molar-refractivity contribution in [1.29, 1.82) is 0 Å². The molecule has 1 aromatic heterocycles. The summed E-state index contributed by atoms with van der Waals surface area (Å²) in [7, 11) is -3.52. The van der Waals surface area contributed by atoms with Gasteiger partial charge < -0.3 is 4.52 Å². The molecular weight excluding hydrogens is 264 g/mol. The lowest BCUT2D eigenvalue weighted by Crippen LogP contribution is -2.12. The van der Waals surface area contributed by atoms with Crippen molar-refractivity contribution in [3.63, 3.8) is 0 Å². The minimum absolute atomic E-state index is 0.123. The van der Waals surface area contributed by atoms with Crippen LogP contribution < -0.4 is 0 Å². The van der Waals surface area contributed by atoms with Gasteiger partial charge in [-0.1, -0.05) is 22.9 Å². The first-order valence-corrected chi connectivity index (χ1v) is 7.48. The number of aryl methyl sites for hydroxylation is 3. The van der Waals surface area contributed by atoms with Crippen LogP contribution in [0.2, 0.25) is 0 Å². The molecule has 0 radical (unpaired) electrons. The second kappa shape index (κ2) is 4.77. The van der Waals surface area contributed by atoms with Crippen LogP contribution in [0.4, 0.5) is 0 Å². The van der Waals surface area contributed by atoms with Gasteiger partial charge in [-0.25, -0.2) is 8.42 Å². The van der Waals surface area contributed by atoms with E-state index >= 15 is 0 Å². The quantitative estimate of drug-likeness (QED) is 0.863. The fraction of sp³-hybridized carbons (Fsp3) is 0.385. The van der Waals surface area contributed by atoms with Gasteiger partial charge >= 0.3 is 0 Å². The molecule has 0 aliphatic rings. The number of hydrogen-bond donors (Lipinski definition) is 0. The van der Waals surface area contributed by atoms with Gasteiger partial charge in [-0.2, -0.15) is 4.98 Å². The third kappa shape index (κ3) is 2.53. The summed E-state index contributed by atoms with van der Waals surface area (Å²) >= 11 is 0. The molecule has 0 fully saturated rings. The van der Waals surface area contributed by atoms with E-state index < -0.39 is 15.1 Å². The average molecular weight is 280 g/mol. The van der Waals surface area contributed by atoms with Gasteiger partial charge in [0.25, 0.3) is 0 Å². The van der Waals surface area contributed by atoms with Crippen LogP contribution in [0.25, 0.3) is 0 Å². The largest absolute Gasteiger partial charge is 0.338 e. The van der Waals surface area contributed by atoms with Crippen molar-refractivity contribution >= 4 is 9.84 Å². The number of aromatic nitrogens is 2. The summed E-state index contributed by atoms with van der Waals surface area (Å²) in [5.41, 5.74) is 1.75. The van der Waals surface area contributed by atoms with Crippen molar-refractivity contribution in [3.8, 4) is 0 Å². The van der Waals surface area contributed by atoms with E-state index in [1.54, 1.807) is 32.9 Å². The van der Waals surface area contributed by atoms with E-state index in [4.69, 9.17) is 4.52 Å². The van der Waals surface area contributed by atoms with Crippen LogP contribution in [0.5, 0.6) is 0 Å². The first-order valence-electron chi connectivity index (χ1n) is 5.93. The SMILES string of the molecule is Cc1ccc(S(=O)(=O)[C@@H](C)c2nc(C)no2)c(C)c1. The molecule has 1 atom stereocenters. The predicted molar refractivity (Wildman–Crippen MR) is 70.6 cm³/mol. The molecule has 102 valence electrons. The Morgan fingerprint density at radius 3 is 2.42 bits per heavy atom. The molecule has 2 aromatic rings. The van der Waals surface area contributed by atoms with Gasteiger partial charge in [0, 0.05) is 0 Å². The predicted octanol–water partition coefficient (Wildman–Crippen LogP) is 2.53. The van der Waals surface area contributed by atoms with Crippen molar-refractivity contribution in [3.05, 3.63) is 41.0 Å². The number of sulfone groups is 1. The van der Waals surface area contributed by atoms with Gasteiger partial charge in [0.15, 0.2) is 15.7 Å². The lowest BCUT2D eigenvalue weighted by Gasteiger charge is -2.12. The molecule has 1 heterocycles. The molecule has 0 bridgehead atoms. The summed E-state index contributed by atoms with van der Waals surface area (Å²) < 4.78 is 30.0. The molecule has 0 saturated carbocycles. The van der Waals surface area contributed by atoms with Crippen molar-refractivity contribution in [2.75, 3.05) is 0 Å². The topological polar surface area (TPSA) is 73.1 Å². The lowest BCUT2D eigenvalue weighted by atomic mass is 10.2. The van der Waals surface area contributed by atoms with Gasteiger partial charge in [0.1, 0.15) is 5.25 Å². The maximum atomic E-state index is 12.5. The van der Waals surface area contributed by atoms with Crippen LogP contribution in [0.15, 0.2) is 27.6 Å². The Morgan fingerprint density at radius 2 is 1.89 bits per heavy atom. The lowest BCUT2D eigenvalue weighted by molar-refractivity contribution is 0.373. The van der Waals surface area contributed by atoms with E-state index in [1.165, 1.54) is 0 Å². The second-order valence-corrected chi connectivity index (χ2v) is 6.87. The summed E-state index contributed by atoms with van der Waals surface area (Å²) in [4.78, 5) is 4.30. The van der Waals surface area contributed by atoms with E-state index in [0.29, 0.717) is 10.7 Å². The van der Waals surface area contributed by atoms with Crippen LogP contribution in [0.3, 0.4) is 0 Å². The van der Waals surface area contributed by atoms with E-state index in [-0.39, 0.29) is 5.89 Å². The Morgan fingerprint density at radius 1 is 1.21 bits per heavy atom. The van der Waals surface area contributed by atoms with Gasteiger partial charge in [-0.05, 0) is 39.3 Å². The normalized spacial score (nSPS) is 13.5. The fourth-order valence-electron chi connectivity index (χ4n) is 1.92. The highest BCUT2D eigenvalue weighted by atomic mass is 32.2. The molecular formula is C13H16N2O3S. The molecule has 0 N–H and O–H groups in total. The van der Waals surface area contributed by atoms with E-state index in [1.807, 2.05) is 13.0 Å². The highest BCUT2D eigenvalue weighted by Crippen LogP contribution is 2.29. The van der Waals surface area contributed by atoms with E-state index in [0.717, 1.165) is 11.1 Å². The van der Waals surface area contributed by atoms with Gasteiger partial charge in [-0.3, -0.25) is 0 Å². The first kappa shape index (κ1) is 13.7. The summed E-state index contributed by atoms with van der Waals surface area (Å²) in [5, 5.41) is 2.78. The monoisotopic (exact) mass is 280 g/mol. The van der Waals surface area contributed by atoms with Crippen LogP contribution >= 0.6 is 0 Å². The van der Waals surface area contributed by atoms with Crippen LogP contribution in [-0.2, 0) is 9.84 Å². The number of rotatable bonds is 3. The zero-order valence-corrected chi connectivity index (χ0v) is 12.2. The van der Waals surface area contributed by atoms with Crippen molar-refractivity contribution in [2.24, 2.45) is 0 Å². The summed E-state index contributed by atoms with van der Waals surface area (Å²) in [6.07, 6.45) is 0. The molecule has 0 amide bonds. The van der Waals surface area contributed by atoms with Crippen LogP contribution in [0.1, 0.15) is 35.0 Å². The minimum atomic E-state index is -3.52. The van der Waals surface area contributed by atoms with Crippen molar-refractivity contribution in [2.45, 2.75) is 37.8 Å². The highest BCUT2D eigenvalue weighted by molar-refractivity contribution is 7.91. The average Bonchev–Trinajstić information content (AvgIpc) is 2.74. The number of benzene rings is 1. The van der Waals surface area contributed by atoms with Crippen LogP contribution in [-0.4, -0.2) is 18.6 Å². The smallest absolute Gasteiger partial charge is 0.245 e. The standard InChI is InChI=1S/C13H16N2O3S/c1-8-5-6-12(9(2)7-8)19(16,17)10(3)13-14-11(4)15-18-13/h5-7,10H,1-4H3/t10-/m0/s1. The molecule has 6 heteroatoms. The van der Waals surface area contributed by atoms with Crippen LogP contribution in [0, 0.1) is 20.8 Å². The maximum absolute atomic E-state index is 12.5. The third-order valence-electron chi connectivity index (χ3n) is 2.99. The molecule has 0 aliphatic carbocycles. The summed E-state index contributed by atoms with van der Waals surface area (Å²) in [5.74, 6) is 0.551. The van der Waals surface area contributed by atoms with E-state index in [9.17, 15) is 8.42 Å². The minimum Gasteiger partial charge on any atom is -0.338 e. The molecule has 1 aromatic carbocycles. The summed E-state index contributed by atoms with van der Waals surface area (Å²) in [6, 6.07) is 5.25. The first-order chi connectivity index (χ1) is 8.82. The highest BCUT2D eigenvalue weighted by Gasteiger charge is 2.30. The molecule has 0 saturated heterocycles. The van der Waals surface area contributed by atoms with Crippen molar-refractivity contribution < 1.29 is 12.9 Å². The Kier molecular flexibility index (Phi) is 3.45. The van der Waals surface area contributed by atoms with Gasteiger partial charge in [0.05, 0.1) is 4.90 Å². The molecule has 0 spiro atoms. The van der Waals surface area contributed by atoms with E-state index in [2.05, 4.69) is 10.1 Å². The number of hydrogen-bond acceptors (Lipinski definition) is 5. The van der Waals surface area contributed by atoms with Gasteiger partial charge in [0.2, 0.25) is 5.89 Å². The molecule has 2 rings (SSSR count). The molecule has 19 heavy (non-hydrogen) atoms. The molecule has 0 unspecified atom stereocenters. The van der Waals surface area contributed by atoms with Crippen molar-refractivity contribution in [1.82, 2.24) is 10.1 Å². The zero-order chi connectivity index (χ0) is 14.2. The Hall–Kier alpha value is -1.69.